The van der Waals surface area contributed by atoms with Gasteiger partial charge in [0.25, 0.3) is 15.9 Å². The largest absolute Gasteiger partial charge is 0.279 e. The van der Waals surface area contributed by atoms with E-state index in [1.54, 1.807) is 12.3 Å². The minimum Gasteiger partial charge on any atom is -0.279 e. The van der Waals surface area contributed by atoms with Gasteiger partial charge in [-0.3, -0.25) is 9.52 Å². The number of hydrogen-bond acceptors (Lipinski definition) is 4. The maximum Gasteiger partial charge on any atom is 0.271 e. The van der Waals surface area contributed by atoms with Gasteiger partial charge in [0.2, 0.25) is 0 Å². The minimum absolute atomic E-state index is 0.000686. The van der Waals surface area contributed by atoms with E-state index in [1.807, 2.05) is 50.2 Å². The van der Waals surface area contributed by atoms with Crippen molar-refractivity contribution in [1.82, 2.24) is 5.43 Å². The lowest BCUT2D eigenvalue weighted by molar-refractivity contribution is 0.0955. The normalized spacial score (nSPS) is 11.5. The van der Waals surface area contributed by atoms with Crippen molar-refractivity contribution in [3.63, 3.8) is 0 Å². The third-order valence-corrected chi connectivity index (χ3v) is 6.16. The lowest BCUT2D eigenvalue weighted by atomic mass is 10.1. The highest BCUT2D eigenvalue weighted by molar-refractivity contribution is 7.92. The molecule has 7 heteroatoms. The molecule has 0 aliphatic heterocycles. The molecule has 0 radical (unpaired) electrons. The van der Waals surface area contributed by atoms with Crippen molar-refractivity contribution in [2.75, 3.05) is 4.72 Å². The standard InChI is InChI=1S/C24H25N3O3S/c1-4-19-9-11-20(12-10-19)16-25-26-24(28)21-6-5-7-22(15-21)31(29,30)27-23-13-8-17(2)14-18(23)3/h5-16,27H,4H2,1-3H3,(H,26,28). The Kier molecular flexibility index (Phi) is 6.87. The summed E-state index contributed by atoms with van der Waals surface area (Å²) in [6.45, 7) is 5.85. The number of carbonyl (C=O) groups excluding carboxylic acids is 1. The highest BCUT2D eigenvalue weighted by Crippen LogP contribution is 2.21. The third-order valence-electron chi connectivity index (χ3n) is 4.80. The molecule has 160 valence electrons. The average molecular weight is 436 g/mol. The molecule has 0 aliphatic rings. The molecule has 0 fully saturated rings. The van der Waals surface area contributed by atoms with Crippen molar-refractivity contribution < 1.29 is 13.2 Å². The van der Waals surface area contributed by atoms with Crippen molar-refractivity contribution in [2.45, 2.75) is 32.1 Å². The fourth-order valence-electron chi connectivity index (χ4n) is 3.01. The van der Waals surface area contributed by atoms with Crippen LogP contribution in [-0.2, 0) is 16.4 Å². The van der Waals surface area contributed by atoms with Gasteiger partial charge < -0.3 is 0 Å². The Bertz CT molecular complexity index is 1220. The van der Waals surface area contributed by atoms with Crippen LogP contribution in [0, 0.1) is 13.8 Å². The van der Waals surface area contributed by atoms with Crippen molar-refractivity contribution >= 4 is 27.8 Å². The molecule has 0 saturated carbocycles. The molecule has 2 N–H and O–H groups in total. The second-order valence-corrected chi connectivity index (χ2v) is 8.93. The van der Waals surface area contributed by atoms with Gasteiger partial charge in [0.15, 0.2) is 0 Å². The first-order chi connectivity index (χ1) is 14.8. The highest BCUT2D eigenvalue weighted by atomic mass is 32.2. The zero-order valence-corrected chi connectivity index (χ0v) is 18.5. The molecule has 3 rings (SSSR count). The Balaban J connectivity index is 1.72. The van der Waals surface area contributed by atoms with Crippen LogP contribution in [0.2, 0.25) is 0 Å². The van der Waals surface area contributed by atoms with Gasteiger partial charge in [0.1, 0.15) is 0 Å². The van der Waals surface area contributed by atoms with Gasteiger partial charge in [0, 0.05) is 5.56 Å². The predicted octanol–water partition coefficient (Wildman–Crippen LogP) is 4.43. The van der Waals surface area contributed by atoms with Crippen molar-refractivity contribution in [1.29, 1.82) is 0 Å². The van der Waals surface area contributed by atoms with Crippen LogP contribution < -0.4 is 10.1 Å². The molecule has 0 bridgehead atoms. The summed E-state index contributed by atoms with van der Waals surface area (Å²) in [5.74, 6) is -0.495. The number of amides is 1. The summed E-state index contributed by atoms with van der Waals surface area (Å²) in [5, 5.41) is 3.96. The van der Waals surface area contributed by atoms with E-state index in [9.17, 15) is 13.2 Å². The van der Waals surface area contributed by atoms with Gasteiger partial charge in [-0.1, -0.05) is 55.0 Å². The van der Waals surface area contributed by atoms with Gasteiger partial charge in [-0.2, -0.15) is 5.10 Å². The molecule has 0 spiro atoms. The molecule has 3 aromatic carbocycles. The molecule has 31 heavy (non-hydrogen) atoms. The lowest BCUT2D eigenvalue weighted by Crippen LogP contribution is -2.19. The van der Waals surface area contributed by atoms with Gasteiger partial charge >= 0.3 is 0 Å². The summed E-state index contributed by atoms with van der Waals surface area (Å²) in [5.41, 5.74) is 7.06. The smallest absolute Gasteiger partial charge is 0.271 e. The number of sulfonamides is 1. The quantitative estimate of drug-likeness (QED) is 0.425. The number of anilines is 1. The number of nitrogens with zero attached hydrogens (tertiary/aromatic N) is 1. The number of hydrogen-bond donors (Lipinski definition) is 2. The van der Waals surface area contributed by atoms with E-state index in [4.69, 9.17) is 0 Å². The fourth-order valence-corrected chi connectivity index (χ4v) is 4.18. The molecular weight excluding hydrogens is 410 g/mol. The van der Waals surface area contributed by atoms with E-state index in [1.165, 1.54) is 29.8 Å². The Labute approximate surface area is 183 Å². The Morgan fingerprint density at radius 3 is 2.42 bits per heavy atom. The van der Waals surface area contributed by atoms with Gasteiger partial charge in [-0.25, -0.2) is 13.8 Å². The van der Waals surface area contributed by atoms with Crippen LogP contribution >= 0.6 is 0 Å². The number of carbonyl (C=O) groups is 1. The molecule has 0 aromatic heterocycles. The number of nitrogens with one attached hydrogen (secondary N) is 2. The second kappa shape index (κ2) is 9.57. The third kappa shape index (κ3) is 5.79. The van der Waals surface area contributed by atoms with E-state index < -0.39 is 15.9 Å². The van der Waals surface area contributed by atoms with E-state index in [-0.39, 0.29) is 10.5 Å². The molecule has 0 saturated heterocycles. The Morgan fingerprint density at radius 1 is 1.00 bits per heavy atom. The van der Waals surface area contributed by atoms with Gasteiger partial charge in [0.05, 0.1) is 16.8 Å². The Hall–Kier alpha value is -3.45. The zero-order valence-electron chi connectivity index (χ0n) is 17.7. The summed E-state index contributed by atoms with van der Waals surface area (Å²) < 4.78 is 28.2. The Morgan fingerprint density at radius 2 is 1.74 bits per heavy atom. The monoisotopic (exact) mass is 435 g/mol. The minimum atomic E-state index is -3.84. The first-order valence-corrected chi connectivity index (χ1v) is 11.4. The molecule has 0 heterocycles. The van der Waals surface area contributed by atoms with Crippen LogP contribution in [-0.4, -0.2) is 20.5 Å². The number of rotatable bonds is 7. The molecule has 3 aromatic rings. The van der Waals surface area contributed by atoms with E-state index >= 15 is 0 Å². The molecule has 1 amide bonds. The predicted molar refractivity (Wildman–Crippen MR) is 124 cm³/mol. The molecule has 0 aliphatic carbocycles. The van der Waals surface area contributed by atoms with E-state index in [0.29, 0.717) is 5.69 Å². The SMILES string of the molecule is CCc1ccc(C=NNC(=O)c2cccc(S(=O)(=O)Nc3ccc(C)cc3C)c2)cc1. The summed E-state index contributed by atoms with van der Waals surface area (Å²) >= 11 is 0. The molecule has 0 unspecified atom stereocenters. The summed E-state index contributed by atoms with van der Waals surface area (Å²) in [4.78, 5) is 12.4. The van der Waals surface area contributed by atoms with E-state index in [0.717, 1.165) is 23.1 Å². The first kappa shape index (κ1) is 22.2. The maximum absolute atomic E-state index is 12.8. The first-order valence-electron chi connectivity index (χ1n) is 9.91. The molecule has 0 atom stereocenters. The van der Waals surface area contributed by atoms with Crippen molar-refractivity contribution in [3.8, 4) is 0 Å². The van der Waals surface area contributed by atoms with Crippen molar-refractivity contribution in [3.05, 3.63) is 94.5 Å². The van der Waals surface area contributed by atoms with Gasteiger partial charge in [-0.05, 0) is 61.2 Å². The fraction of sp³-hybridized carbons (Fsp3) is 0.167. The number of aryl methyl sites for hydroxylation is 3. The number of hydrazone groups is 1. The maximum atomic E-state index is 12.8. The summed E-state index contributed by atoms with van der Waals surface area (Å²) in [6.07, 6.45) is 2.49. The van der Waals surface area contributed by atoms with Crippen LogP contribution in [0.25, 0.3) is 0 Å². The number of benzene rings is 3. The van der Waals surface area contributed by atoms with Crippen LogP contribution in [0.4, 0.5) is 5.69 Å². The van der Waals surface area contributed by atoms with Crippen molar-refractivity contribution in [2.24, 2.45) is 5.10 Å². The van der Waals surface area contributed by atoms with Crippen LogP contribution in [0.3, 0.4) is 0 Å². The summed E-state index contributed by atoms with van der Waals surface area (Å²) in [7, 11) is -3.84. The molecule has 6 nitrogen and oxygen atoms in total. The molecular formula is C24H25N3O3S. The second-order valence-electron chi connectivity index (χ2n) is 7.25. The van der Waals surface area contributed by atoms with E-state index in [2.05, 4.69) is 22.2 Å². The van der Waals surface area contributed by atoms with Crippen LogP contribution in [0.15, 0.2) is 76.7 Å². The topological polar surface area (TPSA) is 87.6 Å². The van der Waals surface area contributed by atoms with Gasteiger partial charge in [-0.15, -0.1) is 0 Å². The average Bonchev–Trinajstić information content (AvgIpc) is 2.76. The van der Waals surface area contributed by atoms with Crippen LogP contribution in [0.1, 0.15) is 39.5 Å². The summed E-state index contributed by atoms with van der Waals surface area (Å²) in [6, 6.07) is 19.1. The highest BCUT2D eigenvalue weighted by Gasteiger charge is 2.17. The zero-order chi connectivity index (χ0) is 22.4. The van der Waals surface area contributed by atoms with Crippen LogP contribution in [0.5, 0.6) is 0 Å². The lowest BCUT2D eigenvalue weighted by Gasteiger charge is -2.12.